The summed E-state index contributed by atoms with van der Waals surface area (Å²) >= 11 is 0. The molecule has 0 radical (unpaired) electrons. The number of amides is 2. The van der Waals surface area contributed by atoms with E-state index in [1.54, 1.807) is 0 Å². The fourth-order valence-corrected chi connectivity index (χ4v) is 3.26. The molecule has 5 nitrogen and oxygen atoms in total. The summed E-state index contributed by atoms with van der Waals surface area (Å²) in [5.41, 5.74) is 5.19. The van der Waals surface area contributed by atoms with Gasteiger partial charge in [-0.15, -0.1) is 0 Å². The first kappa shape index (κ1) is 16.3. The van der Waals surface area contributed by atoms with E-state index in [0.29, 0.717) is 0 Å². The van der Waals surface area contributed by atoms with Gasteiger partial charge in [-0.05, 0) is 25.7 Å². The number of hydrogen-bond donors (Lipinski definition) is 2. The zero-order valence-corrected chi connectivity index (χ0v) is 13.6. The van der Waals surface area contributed by atoms with Crippen molar-refractivity contribution in [3.05, 3.63) is 0 Å². The van der Waals surface area contributed by atoms with Crippen LogP contribution in [0.3, 0.4) is 0 Å². The highest BCUT2D eigenvalue weighted by Crippen LogP contribution is 2.28. The number of nitrogens with zero attached hydrogens (tertiary/aromatic N) is 1. The van der Waals surface area contributed by atoms with Crippen molar-refractivity contribution in [2.75, 3.05) is 13.1 Å². The van der Waals surface area contributed by atoms with Gasteiger partial charge in [0.05, 0.1) is 5.54 Å². The monoisotopic (exact) mass is 295 g/mol. The van der Waals surface area contributed by atoms with E-state index >= 15 is 0 Å². The van der Waals surface area contributed by atoms with E-state index in [1.807, 2.05) is 25.7 Å². The Morgan fingerprint density at radius 3 is 2.14 bits per heavy atom. The van der Waals surface area contributed by atoms with Crippen molar-refractivity contribution in [2.24, 2.45) is 11.1 Å². The zero-order chi connectivity index (χ0) is 15.7. The van der Waals surface area contributed by atoms with Crippen molar-refractivity contribution in [1.29, 1.82) is 0 Å². The summed E-state index contributed by atoms with van der Waals surface area (Å²) in [5.74, 6) is 0.193. The van der Waals surface area contributed by atoms with Crippen LogP contribution < -0.4 is 11.1 Å². The minimum absolute atomic E-state index is 0.000554. The number of piperidine rings is 1. The van der Waals surface area contributed by atoms with Crippen LogP contribution in [-0.2, 0) is 9.59 Å². The number of nitrogens with one attached hydrogen (secondary N) is 1. The molecule has 1 aliphatic heterocycles. The first-order valence-corrected chi connectivity index (χ1v) is 8.12. The zero-order valence-electron chi connectivity index (χ0n) is 13.6. The van der Waals surface area contributed by atoms with E-state index in [9.17, 15) is 9.59 Å². The molecule has 0 aromatic rings. The van der Waals surface area contributed by atoms with Gasteiger partial charge in [0.25, 0.3) is 0 Å². The number of hydrogen-bond acceptors (Lipinski definition) is 3. The number of nitrogens with two attached hydrogens (primary N) is 1. The van der Waals surface area contributed by atoms with Gasteiger partial charge in [-0.2, -0.15) is 0 Å². The molecule has 2 rings (SSSR count). The molecule has 120 valence electrons. The Kier molecular flexibility index (Phi) is 4.61. The lowest BCUT2D eigenvalue weighted by Gasteiger charge is -2.37. The summed E-state index contributed by atoms with van der Waals surface area (Å²) < 4.78 is 0. The van der Waals surface area contributed by atoms with Crippen LogP contribution in [0.2, 0.25) is 0 Å². The van der Waals surface area contributed by atoms with Crippen molar-refractivity contribution in [2.45, 2.75) is 70.9 Å². The Balaban J connectivity index is 1.82. The molecular weight excluding hydrogens is 266 g/mol. The molecule has 1 heterocycles. The molecule has 0 atom stereocenters. The fourth-order valence-electron chi connectivity index (χ4n) is 3.26. The predicted octanol–water partition coefficient (Wildman–Crippen LogP) is 1.41. The number of rotatable bonds is 2. The third-order valence-corrected chi connectivity index (χ3v) is 4.71. The number of carbonyl (C=O) groups excluding carboxylic acids is 2. The van der Waals surface area contributed by atoms with E-state index in [2.05, 4.69) is 5.32 Å². The second-order valence-electron chi connectivity index (χ2n) is 7.65. The van der Waals surface area contributed by atoms with E-state index in [0.717, 1.165) is 51.6 Å². The van der Waals surface area contributed by atoms with Crippen molar-refractivity contribution in [1.82, 2.24) is 10.2 Å². The molecule has 2 aliphatic rings. The van der Waals surface area contributed by atoms with Crippen molar-refractivity contribution in [3.8, 4) is 0 Å². The van der Waals surface area contributed by atoms with Gasteiger partial charge in [0.15, 0.2) is 0 Å². The Hall–Kier alpha value is -1.10. The van der Waals surface area contributed by atoms with Crippen LogP contribution in [0.25, 0.3) is 0 Å². The molecular formula is C16H29N3O2. The standard InChI is InChI=1S/C16H29N3O2/c1-15(2,3)14(21)19-10-6-12(7-11-19)18-13(20)16(17)8-4-5-9-16/h12H,4-11,17H2,1-3H3,(H,18,20). The summed E-state index contributed by atoms with van der Waals surface area (Å²) in [4.78, 5) is 26.4. The summed E-state index contributed by atoms with van der Waals surface area (Å²) in [6.45, 7) is 7.28. The van der Waals surface area contributed by atoms with Crippen LogP contribution in [0, 0.1) is 5.41 Å². The van der Waals surface area contributed by atoms with Crippen molar-refractivity contribution in [3.63, 3.8) is 0 Å². The largest absolute Gasteiger partial charge is 0.352 e. The van der Waals surface area contributed by atoms with Crippen LogP contribution >= 0.6 is 0 Å². The molecule has 0 unspecified atom stereocenters. The third kappa shape index (κ3) is 3.76. The summed E-state index contributed by atoms with van der Waals surface area (Å²) in [6, 6.07) is 0.155. The van der Waals surface area contributed by atoms with Crippen molar-refractivity contribution >= 4 is 11.8 Å². The molecule has 3 N–H and O–H groups in total. The minimum Gasteiger partial charge on any atom is -0.352 e. The SMILES string of the molecule is CC(C)(C)C(=O)N1CCC(NC(=O)C2(N)CCCC2)CC1. The Morgan fingerprint density at radius 1 is 1.14 bits per heavy atom. The summed E-state index contributed by atoms with van der Waals surface area (Å²) in [5, 5.41) is 3.10. The van der Waals surface area contributed by atoms with Crippen LogP contribution in [-0.4, -0.2) is 41.4 Å². The highest BCUT2D eigenvalue weighted by Gasteiger charge is 2.38. The predicted molar refractivity (Wildman–Crippen MR) is 82.6 cm³/mol. The molecule has 0 aromatic carbocycles. The van der Waals surface area contributed by atoms with Gasteiger partial charge in [0, 0.05) is 24.5 Å². The molecule has 1 saturated heterocycles. The van der Waals surface area contributed by atoms with Gasteiger partial charge < -0.3 is 16.0 Å². The Labute approximate surface area is 127 Å². The van der Waals surface area contributed by atoms with Gasteiger partial charge in [-0.1, -0.05) is 33.6 Å². The van der Waals surface area contributed by atoms with Crippen LogP contribution in [0.4, 0.5) is 0 Å². The Morgan fingerprint density at radius 2 is 1.67 bits per heavy atom. The van der Waals surface area contributed by atoms with Gasteiger partial charge >= 0.3 is 0 Å². The quantitative estimate of drug-likeness (QED) is 0.809. The second kappa shape index (κ2) is 5.95. The highest BCUT2D eigenvalue weighted by atomic mass is 16.2. The maximum absolute atomic E-state index is 12.3. The highest BCUT2D eigenvalue weighted by molar-refractivity contribution is 5.86. The molecule has 21 heavy (non-hydrogen) atoms. The van der Waals surface area contributed by atoms with Crippen molar-refractivity contribution < 1.29 is 9.59 Å². The topological polar surface area (TPSA) is 75.4 Å². The normalized spacial score (nSPS) is 23.1. The van der Waals surface area contributed by atoms with Gasteiger partial charge in [-0.3, -0.25) is 9.59 Å². The Bertz CT molecular complexity index is 400. The maximum atomic E-state index is 12.3. The lowest BCUT2D eigenvalue weighted by atomic mass is 9.92. The number of likely N-dealkylation sites (tertiary alicyclic amines) is 1. The van der Waals surface area contributed by atoms with Crippen LogP contribution in [0.5, 0.6) is 0 Å². The smallest absolute Gasteiger partial charge is 0.240 e. The van der Waals surface area contributed by atoms with Gasteiger partial charge in [0.2, 0.25) is 11.8 Å². The van der Waals surface area contributed by atoms with E-state index < -0.39 is 5.54 Å². The maximum Gasteiger partial charge on any atom is 0.240 e. The lowest BCUT2D eigenvalue weighted by Crippen LogP contribution is -2.56. The summed E-state index contributed by atoms with van der Waals surface area (Å²) in [7, 11) is 0. The molecule has 1 aliphatic carbocycles. The molecule has 2 amide bonds. The molecule has 0 aromatic heterocycles. The third-order valence-electron chi connectivity index (χ3n) is 4.71. The summed E-state index contributed by atoms with van der Waals surface area (Å²) in [6.07, 6.45) is 5.32. The van der Waals surface area contributed by atoms with E-state index in [-0.39, 0.29) is 23.3 Å². The second-order valence-corrected chi connectivity index (χ2v) is 7.65. The number of carbonyl (C=O) groups is 2. The van der Waals surface area contributed by atoms with E-state index in [1.165, 1.54) is 0 Å². The average Bonchev–Trinajstić information content (AvgIpc) is 2.86. The van der Waals surface area contributed by atoms with Gasteiger partial charge in [0.1, 0.15) is 0 Å². The van der Waals surface area contributed by atoms with Crippen LogP contribution in [0.15, 0.2) is 0 Å². The molecule has 2 fully saturated rings. The molecule has 1 saturated carbocycles. The lowest BCUT2D eigenvalue weighted by molar-refractivity contribution is -0.140. The average molecular weight is 295 g/mol. The first-order chi connectivity index (χ1) is 9.72. The molecule has 0 spiro atoms. The van der Waals surface area contributed by atoms with Crippen LogP contribution in [0.1, 0.15) is 59.3 Å². The fraction of sp³-hybridized carbons (Fsp3) is 0.875. The molecule has 5 heteroatoms. The molecule has 0 bridgehead atoms. The first-order valence-electron chi connectivity index (χ1n) is 8.12. The van der Waals surface area contributed by atoms with Gasteiger partial charge in [-0.25, -0.2) is 0 Å². The van der Waals surface area contributed by atoms with E-state index in [4.69, 9.17) is 5.73 Å². The minimum atomic E-state index is -0.654.